The van der Waals surface area contributed by atoms with Gasteiger partial charge in [-0.2, -0.15) is 0 Å². The Bertz CT molecular complexity index is 2480. The number of benzene rings is 5. The van der Waals surface area contributed by atoms with Crippen molar-refractivity contribution in [1.29, 1.82) is 0 Å². The fourth-order valence-corrected chi connectivity index (χ4v) is 6.31. The van der Waals surface area contributed by atoms with Crippen LogP contribution in [-0.2, 0) is 0 Å². The van der Waals surface area contributed by atoms with Gasteiger partial charge in [-0.25, -0.2) is 0 Å². The Morgan fingerprint density at radius 2 is 1.33 bits per heavy atom. The van der Waals surface area contributed by atoms with Gasteiger partial charge in [0, 0.05) is 40.4 Å². The molecule has 4 aromatic heterocycles. The van der Waals surface area contributed by atoms with Crippen molar-refractivity contribution < 1.29 is 8.83 Å². The van der Waals surface area contributed by atoms with Crippen LogP contribution in [0.25, 0.3) is 65.9 Å². The number of hydrogen-bond donors (Lipinski definition) is 0. The van der Waals surface area contributed by atoms with E-state index in [1.54, 1.807) is 6.20 Å². The summed E-state index contributed by atoms with van der Waals surface area (Å²) in [5, 5.41) is 5.28. The summed E-state index contributed by atoms with van der Waals surface area (Å²) in [6.07, 6.45) is 5.45. The topological polar surface area (TPSA) is 55.3 Å². The summed E-state index contributed by atoms with van der Waals surface area (Å²) in [6.45, 7) is 0. The molecule has 43 heavy (non-hydrogen) atoms. The summed E-state index contributed by atoms with van der Waals surface area (Å²) in [5.74, 6) is 0. The van der Waals surface area contributed by atoms with Gasteiger partial charge in [-0.05, 0) is 71.1 Å². The predicted molar refractivity (Wildman–Crippen MR) is 174 cm³/mol. The number of furan rings is 2. The summed E-state index contributed by atoms with van der Waals surface area (Å²) >= 11 is 0. The lowest BCUT2D eigenvalue weighted by molar-refractivity contribution is 0.668. The molecule has 0 aliphatic heterocycles. The van der Waals surface area contributed by atoms with E-state index in [0.717, 1.165) is 66.5 Å². The molecule has 0 saturated heterocycles. The van der Waals surface area contributed by atoms with Crippen LogP contribution >= 0.6 is 0 Å². The standard InChI is InChI=1S/C38H23N3O2/c1-2-8-24(9-3-1)26-16-17-31(28-11-5-4-10-27(26)28)41(25-15-18-33-29(22-25)30-23-39-21-19-34(30)42-33)32-12-6-13-35-37(32)38-36(43-35)14-7-20-40-38/h1-23H. The van der Waals surface area contributed by atoms with E-state index in [4.69, 9.17) is 13.8 Å². The third kappa shape index (κ3) is 3.65. The third-order valence-corrected chi connectivity index (χ3v) is 8.21. The van der Waals surface area contributed by atoms with Gasteiger partial charge in [0.25, 0.3) is 0 Å². The number of hydrogen-bond acceptors (Lipinski definition) is 5. The molecule has 0 atom stereocenters. The maximum atomic E-state index is 6.28. The second-order valence-corrected chi connectivity index (χ2v) is 10.6. The molecule has 0 radical (unpaired) electrons. The highest BCUT2D eigenvalue weighted by atomic mass is 16.3. The Hall–Kier alpha value is -5.94. The second-order valence-electron chi connectivity index (χ2n) is 10.6. The highest BCUT2D eigenvalue weighted by Gasteiger charge is 2.23. The molecular formula is C38H23N3O2. The molecule has 4 heterocycles. The lowest BCUT2D eigenvalue weighted by Crippen LogP contribution is -2.11. The summed E-state index contributed by atoms with van der Waals surface area (Å²) < 4.78 is 12.4. The molecular weight excluding hydrogens is 530 g/mol. The van der Waals surface area contributed by atoms with Crippen LogP contribution in [0.1, 0.15) is 0 Å². The van der Waals surface area contributed by atoms with Crippen molar-refractivity contribution in [2.45, 2.75) is 0 Å². The molecule has 9 aromatic rings. The van der Waals surface area contributed by atoms with Crippen LogP contribution < -0.4 is 4.90 Å². The number of rotatable bonds is 4. The maximum absolute atomic E-state index is 6.28. The molecule has 202 valence electrons. The smallest absolute Gasteiger partial charge is 0.153 e. The van der Waals surface area contributed by atoms with E-state index in [2.05, 4.69) is 94.8 Å². The van der Waals surface area contributed by atoms with Crippen molar-refractivity contribution >= 4 is 71.8 Å². The SMILES string of the molecule is c1ccc(-c2ccc(N(c3ccc4oc5ccncc5c4c3)c3cccc4oc5cccnc5c34)c3ccccc23)cc1. The van der Waals surface area contributed by atoms with Crippen molar-refractivity contribution in [2.24, 2.45) is 0 Å². The Labute approximate surface area is 246 Å². The van der Waals surface area contributed by atoms with Gasteiger partial charge in [-0.1, -0.05) is 66.7 Å². The van der Waals surface area contributed by atoms with Crippen LogP contribution in [-0.4, -0.2) is 9.97 Å². The first kappa shape index (κ1) is 23.7. The fourth-order valence-electron chi connectivity index (χ4n) is 6.31. The molecule has 0 unspecified atom stereocenters. The molecule has 0 bridgehead atoms. The molecule has 0 amide bonds. The van der Waals surface area contributed by atoms with Gasteiger partial charge in [0.15, 0.2) is 5.58 Å². The molecule has 5 aromatic carbocycles. The van der Waals surface area contributed by atoms with Crippen LogP contribution in [0.2, 0.25) is 0 Å². The minimum Gasteiger partial charge on any atom is -0.456 e. The summed E-state index contributed by atoms with van der Waals surface area (Å²) in [4.78, 5) is 11.5. The molecule has 0 saturated carbocycles. The van der Waals surface area contributed by atoms with Crippen LogP contribution in [0, 0.1) is 0 Å². The summed E-state index contributed by atoms with van der Waals surface area (Å²) in [7, 11) is 0. The van der Waals surface area contributed by atoms with Crippen molar-refractivity contribution in [1.82, 2.24) is 9.97 Å². The van der Waals surface area contributed by atoms with E-state index in [1.807, 2.05) is 48.8 Å². The van der Waals surface area contributed by atoms with Crippen LogP contribution in [0.15, 0.2) is 149 Å². The number of pyridine rings is 2. The summed E-state index contributed by atoms with van der Waals surface area (Å²) in [5.41, 5.74) is 9.44. The van der Waals surface area contributed by atoms with Crippen molar-refractivity contribution in [3.63, 3.8) is 0 Å². The van der Waals surface area contributed by atoms with Gasteiger partial charge in [0.1, 0.15) is 22.3 Å². The predicted octanol–water partition coefficient (Wildman–Crippen LogP) is 10.6. The van der Waals surface area contributed by atoms with Gasteiger partial charge in [0.05, 0.1) is 16.8 Å². The fraction of sp³-hybridized carbons (Fsp3) is 0. The molecule has 0 N–H and O–H groups in total. The molecule has 5 heteroatoms. The highest BCUT2D eigenvalue weighted by Crippen LogP contribution is 2.46. The Morgan fingerprint density at radius 1 is 0.512 bits per heavy atom. The second kappa shape index (κ2) is 9.29. The Balaban J connectivity index is 1.38. The maximum Gasteiger partial charge on any atom is 0.153 e. The van der Waals surface area contributed by atoms with Gasteiger partial charge >= 0.3 is 0 Å². The zero-order chi connectivity index (χ0) is 28.3. The lowest BCUT2D eigenvalue weighted by Gasteiger charge is -2.28. The van der Waals surface area contributed by atoms with Gasteiger partial charge in [-0.3, -0.25) is 9.97 Å². The molecule has 0 spiro atoms. The van der Waals surface area contributed by atoms with Crippen molar-refractivity contribution in [3.8, 4) is 11.1 Å². The lowest BCUT2D eigenvalue weighted by atomic mass is 9.96. The average Bonchev–Trinajstić information content (AvgIpc) is 3.64. The molecule has 0 aliphatic carbocycles. The minimum atomic E-state index is 0.761. The first-order valence-corrected chi connectivity index (χ1v) is 14.2. The Morgan fingerprint density at radius 3 is 2.26 bits per heavy atom. The number of nitrogens with zero attached hydrogens (tertiary/aromatic N) is 3. The van der Waals surface area contributed by atoms with Crippen molar-refractivity contribution in [3.05, 3.63) is 140 Å². The number of fused-ring (bicyclic) bond motifs is 7. The number of aromatic nitrogens is 2. The molecule has 5 nitrogen and oxygen atoms in total. The minimum absolute atomic E-state index is 0.761. The highest BCUT2D eigenvalue weighted by molar-refractivity contribution is 6.15. The van der Waals surface area contributed by atoms with Gasteiger partial charge < -0.3 is 13.7 Å². The zero-order valence-corrected chi connectivity index (χ0v) is 22.9. The third-order valence-electron chi connectivity index (χ3n) is 8.21. The molecule has 0 aliphatic rings. The molecule has 0 fully saturated rings. The van der Waals surface area contributed by atoms with E-state index in [1.165, 1.54) is 16.5 Å². The zero-order valence-electron chi connectivity index (χ0n) is 22.9. The van der Waals surface area contributed by atoms with Crippen LogP contribution in [0.3, 0.4) is 0 Å². The van der Waals surface area contributed by atoms with E-state index >= 15 is 0 Å². The van der Waals surface area contributed by atoms with E-state index in [-0.39, 0.29) is 0 Å². The quantitative estimate of drug-likeness (QED) is 0.217. The van der Waals surface area contributed by atoms with Crippen LogP contribution in [0.4, 0.5) is 17.1 Å². The van der Waals surface area contributed by atoms with Crippen molar-refractivity contribution in [2.75, 3.05) is 4.90 Å². The largest absolute Gasteiger partial charge is 0.456 e. The van der Waals surface area contributed by atoms with Gasteiger partial charge in [-0.15, -0.1) is 0 Å². The normalized spacial score (nSPS) is 11.7. The van der Waals surface area contributed by atoms with Gasteiger partial charge in [0.2, 0.25) is 0 Å². The van der Waals surface area contributed by atoms with E-state index < -0.39 is 0 Å². The van der Waals surface area contributed by atoms with E-state index in [9.17, 15) is 0 Å². The van der Waals surface area contributed by atoms with Crippen LogP contribution in [0.5, 0.6) is 0 Å². The molecule has 9 rings (SSSR count). The summed E-state index contributed by atoms with van der Waals surface area (Å²) in [6, 6.07) is 41.9. The van der Waals surface area contributed by atoms with E-state index in [0.29, 0.717) is 0 Å². The Kier molecular flexibility index (Phi) is 5.13. The first-order valence-electron chi connectivity index (χ1n) is 14.2. The monoisotopic (exact) mass is 553 g/mol. The first-order chi connectivity index (χ1) is 21.3. The average molecular weight is 554 g/mol. The number of anilines is 3.